The fourth-order valence-electron chi connectivity index (χ4n) is 2.15. The summed E-state index contributed by atoms with van der Waals surface area (Å²) in [5, 5.41) is 0.0437. The molecule has 0 aliphatic carbocycles. The molecular formula is C15H14ClF2NO2S. The summed E-state index contributed by atoms with van der Waals surface area (Å²) in [6, 6.07) is 8.24. The maximum absolute atomic E-state index is 13.9. The minimum atomic E-state index is -3.46. The van der Waals surface area contributed by atoms with E-state index in [0.717, 1.165) is 19.2 Å². The molecule has 22 heavy (non-hydrogen) atoms. The summed E-state index contributed by atoms with van der Waals surface area (Å²) in [6.45, 7) is 0.738. The molecule has 3 nitrogen and oxygen atoms in total. The molecule has 0 atom stereocenters. The molecule has 0 aliphatic rings. The van der Waals surface area contributed by atoms with Gasteiger partial charge >= 0.3 is 0 Å². The number of halogens is 3. The second-order valence-corrected chi connectivity index (χ2v) is 7.54. The van der Waals surface area contributed by atoms with E-state index in [0.29, 0.717) is 5.56 Å². The van der Waals surface area contributed by atoms with Crippen molar-refractivity contribution in [1.29, 1.82) is 0 Å². The molecule has 0 aromatic heterocycles. The van der Waals surface area contributed by atoms with Crippen LogP contribution >= 0.6 is 11.6 Å². The Morgan fingerprint density at radius 3 is 2.36 bits per heavy atom. The van der Waals surface area contributed by atoms with Crippen molar-refractivity contribution in [3.05, 3.63) is 47.0 Å². The molecule has 0 spiro atoms. The van der Waals surface area contributed by atoms with Gasteiger partial charge in [0.2, 0.25) is 0 Å². The van der Waals surface area contributed by atoms with Gasteiger partial charge in [-0.25, -0.2) is 17.2 Å². The van der Waals surface area contributed by atoms with Crippen LogP contribution in [0.4, 0.5) is 14.5 Å². The third-order valence-corrected chi connectivity index (χ3v) is 4.54. The summed E-state index contributed by atoms with van der Waals surface area (Å²) in [7, 11) is -3.46. The first-order valence-corrected chi connectivity index (χ1v) is 8.55. The molecule has 0 saturated heterocycles. The van der Waals surface area contributed by atoms with E-state index in [1.54, 1.807) is 0 Å². The van der Waals surface area contributed by atoms with E-state index in [9.17, 15) is 17.2 Å². The van der Waals surface area contributed by atoms with Crippen molar-refractivity contribution in [2.45, 2.75) is 17.7 Å². The van der Waals surface area contributed by atoms with Gasteiger partial charge in [-0.2, -0.15) is 0 Å². The largest absolute Gasteiger partial charge is 0.399 e. The molecule has 0 heterocycles. The zero-order valence-electron chi connectivity index (χ0n) is 11.9. The summed E-state index contributed by atoms with van der Waals surface area (Å²) >= 11 is 6.08. The molecule has 0 amide bonds. The van der Waals surface area contributed by atoms with Gasteiger partial charge in [0.05, 0.1) is 9.92 Å². The van der Waals surface area contributed by atoms with Gasteiger partial charge in [-0.1, -0.05) is 23.7 Å². The smallest absolute Gasteiger partial charge is 0.271 e. The van der Waals surface area contributed by atoms with Crippen LogP contribution in [0.1, 0.15) is 12.5 Å². The Balaban J connectivity index is 2.78. The highest BCUT2D eigenvalue weighted by molar-refractivity contribution is 7.90. The highest BCUT2D eigenvalue weighted by Gasteiger charge is 2.30. The molecule has 2 rings (SSSR count). The molecule has 118 valence electrons. The van der Waals surface area contributed by atoms with Gasteiger partial charge in [0.1, 0.15) is 0 Å². The zero-order valence-corrected chi connectivity index (χ0v) is 13.5. The lowest BCUT2D eigenvalue weighted by atomic mass is 9.95. The van der Waals surface area contributed by atoms with Crippen LogP contribution in [0.15, 0.2) is 41.3 Å². The van der Waals surface area contributed by atoms with Gasteiger partial charge in [-0.15, -0.1) is 0 Å². The molecule has 7 heteroatoms. The number of nitrogen functional groups attached to an aromatic ring is 1. The highest BCUT2D eigenvalue weighted by atomic mass is 35.5. The standard InChI is InChI=1S/C15H14ClF2NO2S/c1-15(17,18)12-7-10(19)8-13(16)14(12)9-4-3-5-11(6-9)22(2,20)21/h3-8H,19H2,1-2H3. The van der Waals surface area contributed by atoms with Gasteiger partial charge in [0, 0.05) is 30.0 Å². The maximum Gasteiger partial charge on any atom is 0.271 e. The summed E-state index contributed by atoms with van der Waals surface area (Å²) in [4.78, 5) is 0.0308. The number of sulfone groups is 1. The number of benzene rings is 2. The van der Waals surface area contributed by atoms with Crippen LogP contribution in [0.5, 0.6) is 0 Å². The van der Waals surface area contributed by atoms with E-state index in [1.807, 2.05) is 0 Å². The lowest BCUT2D eigenvalue weighted by Gasteiger charge is -2.18. The van der Waals surface area contributed by atoms with Gasteiger partial charge in [0.25, 0.3) is 5.92 Å². The van der Waals surface area contributed by atoms with Crippen molar-refractivity contribution in [2.24, 2.45) is 0 Å². The Hall–Kier alpha value is -1.66. The molecular weight excluding hydrogens is 332 g/mol. The molecule has 2 aromatic carbocycles. The third kappa shape index (κ3) is 3.39. The first kappa shape index (κ1) is 16.7. The SMILES string of the molecule is CC(F)(F)c1cc(N)cc(Cl)c1-c1cccc(S(C)(=O)=O)c1. The van der Waals surface area contributed by atoms with Crippen LogP contribution in [0.2, 0.25) is 5.02 Å². The van der Waals surface area contributed by atoms with Crippen molar-refractivity contribution in [3.8, 4) is 11.1 Å². The van der Waals surface area contributed by atoms with Crippen molar-refractivity contribution in [3.63, 3.8) is 0 Å². The minimum Gasteiger partial charge on any atom is -0.399 e. The van der Waals surface area contributed by atoms with Crippen LogP contribution < -0.4 is 5.73 Å². The number of alkyl halides is 2. The van der Waals surface area contributed by atoms with Gasteiger partial charge < -0.3 is 5.73 Å². The van der Waals surface area contributed by atoms with Gasteiger partial charge in [-0.05, 0) is 29.8 Å². The summed E-state index contributed by atoms with van der Waals surface area (Å²) in [6.07, 6.45) is 1.05. The van der Waals surface area contributed by atoms with Crippen molar-refractivity contribution in [1.82, 2.24) is 0 Å². The average molecular weight is 346 g/mol. The van der Waals surface area contributed by atoms with Crippen molar-refractivity contribution < 1.29 is 17.2 Å². The molecule has 0 fully saturated rings. The second kappa shape index (κ2) is 5.52. The summed E-state index contributed by atoms with van der Waals surface area (Å²) in [5.41, 5.74) is 5.73. The molecule has 2 N–H and O–H groups in total. The number of hydrogen-bond donors (Lipinski definition) is 1. The summed E-state index contributed by atoms with van der Waals surface area (Å²) in [5.74, 6) is -3.17. The molecule has 0 bridgehead atoms. The number of rotatable bonds is 3. The number of nitrogens with two attached hydrogens (primary N) is 1. The van der Waals surface area contributed by atoms with Crippen LogP contribution in [-0.2, 0) is 15.8 Å². The van der Waals surface area contributed by atoms with E-state index in [4.69, 9.17) is 17.3 Å². The molecule has 0 saturated carbocycles. The molecule has 2 aromatic rings. The predicted molar refractivity (Wildman–Crippen MR) is 84.0 cm³/mol. The lowest BCUT2D eigenvalue weighted by molar-refractivity contribution is 0.0181. The second-order valence-electron chi connectivity index (χ2n) is 5.11. The predicted octanol–water partition coefficient (Wildman–Crippen LogP) is 4.10. The Morgan fingerprint density at radius 2 is 1.82 bits per heavy atom. The van der Waals surface area contributed by atoms with E-state index in [-0.39, 0.29) is 26.7 Å². The van der Waals surface area contributed by atoms with Crippen molar-refractivity contribution in [2.75, 3.05) is 12.0 Å². The minimum absolute atomic E-state index is 0.0308. The normalized spacial score (nSPS) is 12.4. The van der Waals surface area contributed by atoms with Gasteiger partial charge in [-0.3, -0.25) is 0 Å². The van der Waals surface area contributed by atoms with E-state index >= 15 is 0 Å². The Kier molecular flexibility index (Phi) is 4.19. The number of anilines is 1. The van der Waals surface area contributed by atoms with E-state index in [2.05, 4.69) is 0 Å². The number of hydrogen-bond acceptors (Lipinski definition) is 3. The van der Waals surface area contributed by atoms with Crippen LogP contribution in [0.3, 0.4) is 0 Å². The van der Waals surface area contributed by atoms with E-state index < -0.39 is 15.8 Å². The lowest BCUT2D eigenvalue weighted by Crippen LogP contribution is -2.10. The topological polar surface area (TPSA) is 60.2 Å². The zero-order chi connectivity index (χ0) is 16.7. The summed E-state index contributed by atoms with van der Waals surface area (Å²) < 4.78 is 51.0. The van der Waals surface area contributed by atoms with Crippen LogP contribution in [-0.4, -0.2) is 14.7 Å². The molecule has 0 unspecified atom stereocenters. The third-order valence-electron chi connectivity index (χ3n) is 3.14. The quantitative estimate of drug-likeness (QED) is 0.852. The van der Waals surface area contributed by atoms with Crippen molar-refractivity contribution >= 4 is 27.1 Å². The Morgan fingerprint density at radius 1 is 1.18 bits per heavy atom. The monoisotopic (exact) mass is 345 g/mol. The van der Waals surface area contributed by atoms with Crippen LogP contribution in [0.25, 0.3) is 11.1 Å². The molecule has 0 aliphatic heterocycles. The molecule has 0 radical (unpaired) electrons. The first-order chi connectivity index (χ1) is 10.00. The maximum atomic E-state index is 13.9. The Bertz CT molecular complexity index is 830. The first-order valence-electron chi connectivity index (χ1n) is 6.28. The van der Waals surface area contributed by atoms with Crippen LogP contribution in [0, 0.1) is 0 Å². The average Bonchev–Trinajstić information content (AvgIpc) is 2.36. The fraction of sp³-hybridized carbons (Fsp3) is 0.200. The highest BCUT2D eigenvalue weighted by Crippen LogP contribution is 2.41. The fourth-order valence-corrected chi connectivity index (χ4v) is 3.15. The van der Waals surface area contributed by atoms with Gasteiger partial charge in [0.15, 0.2) is 9.84 Å². The van der Waals surface area contributed by atoms with E-state index in [1.165, 1.54) is 30.3 Å². The Labute approximate surface area is 132 Å².